The lowest BCUT2D eigenvalue weighted by Crippen LogP contribution is -2.54. The van der Waals surface area contributed by atoms with Crippen LogP contribution in [0.1, 0.15) is 49.7 Å². The summed E-state index contributed by atoms with van der Waals surface area (Å²) in [5.41, 5.74) is -0.292. The summed E-state index contributed by atoms with van der Waals surface area (Å²) in [6.45, 7) is 3.34. The maximum Gasteiger partial charge on any atom is 0.434 e. The molecule has 1 aromatic rings. The average molecular weight is 617 g/mol. The highest BCUT2D eigenvalue weighted by Crippen LogP contribution is 2.42. The summed E-state index contributed by atoms with van der Waals surface area (Å²) < 4.78 is 123. The Balaban J connectivity index is 1.26. The van der Waals surface area contributed by atoms with Gasteiger partial charge >= 0.3 is 24.6 Å². The molecule has 0 unspecified atom stereocenters. The summed E-state index contributed by atoms with van der Waals surface area (Å²) in [6, 6.07) is 4.67. The summed E-state index contributed by atoms with van der Waals surface area (Å²) in [5, 5.41) is 0. The number of ether oxygens (including phenoxy) is 1. The standard InChI is InChI=1S/C27H33F9N4O2/c28-25(29,30)19-14-18(15-21(16-19)38-12-10-37(11-13-38)20-2-3-20)17-40-7-1-4-24(40)5-8-39(9-6-24)23(41)42-22(26(31,32)33)27(34,35)36/h14-16,20,22H,1-13,17H2. The van der Waals surface area contributed by atoms with Crippen molar-refractivity contribution in [3.05, 3.63) is 29.3 Å². The van der Waals surface area contributed by atoms with E-state index in [1.54, 1.807) is 6.07 Å². The van der Waals surface area contributed by atoms with Crippen molar-refractivity contribution < 1.29 is 49.0 Å². The van der Waals surface area contributed by atoms with E-state index in [0.29, 0.717) is 43.3 Å². The minimum Gasteiger partial charge on any atom is -0.426 e. The molecule has 6 nitrogen and oxygen atoms in total. The fourth-order valence-electron chi connectivity index (χ4n) is 6.52. The SMILES string of the molecule is O=C(OC(C(F)(F)F)C(F)(F)F)N1CCC2(CCCN2Cc2cc(N3CCN(C4CC4)CC3)cc(C(F)(F)F)c2)CC1. The van der Waals surface area contributed by atoms with Crippen molar-refractivity contribution >= 4 is 11.8 Å². The van der Waals surface area contributed by atoms with E-state index in [1.807, 2.05) is 9.80 Å². The first-order chi connectivity index (χ1) is 19.5. The number of alkyl halides is 9. The molecular formula is C27H33F9N4O2. The molecule has 0 N–H and O–H groups in total. The molecule has 15 heteroatoms. The third-order valence-corrected chi connectivity index (χ3v) is 8.93. The number of piperazine rings is 1. The van der Waals surface area contributed by atoms with Crippen LogP contribution in [0.5, 0.6) is 0 Å². The van der Waals surface area contributed by atoms with Crippen molar-refractivity contribution in [1.29, 1.82) is 0 Å². The Labute approximate surface area is 237 Å². The monoisotopic (exact) mass is 616 g/mol. The van der Waals surface area contributed by atoms with Crippen molar-refractivity contribution in [3.63, 3.8) is 0 Å². The zero-order valence-electron chi connectivity index (χ0n) is 22.8. The first-order valence-corrected chi connectivity index (χ1v) is 14.1. The van der Waals surface area contributed by atoms with Gasteiger partial charge in [-0.3, -0.25) is 9.80 Å². The highest BCUT2D eigenvalue weighted by molar-refractivity contribution is 5.68. The summed E-state index contributed by atoms with van der Waals surface area (Å²) >= 11 is 0. The number of benzene rings is 1. The van der Waals surface area contributed by atoms with Crippen LogP contribution in [-0.4, -0.2) is 96.6 Å². The highest BCUT2D eigenvalue weighted by atomic mass is 19.4. The summed E-state index contributed by atoms with van der Waals surface area (Å²) in [4.78, 5) is 19.4. The predicted octanol–water partition coefficient (Wildman–Crippen LogP) is 6.05. The van der Waals surface area contributed by atoms with Gasteiger partial charge in [0.2, 0.25) is 0 Å². The highest BCUT2D eigenvalue weighted by Gasteiger charge is 2.60. The zero-order chi connectivity index (χ0) is 30.5. The first-order valence-electron chi connectivity index (χ1n) is 14.1. The first kappa shape index (κ1) is 31.0. The van der Waals surface area contributed by atoms with E-state index in [2.05, 4.69) is 9.64 Å². The molecule has 1 aliphatic carbocycles. The number of hydrogen-bond donors (Lipinski definition) is 0. The molecule has 42 heavy (non-hydrogen) atoms. The minimum atomic E-state index is -5.80. The molecule has 4 fully saturated rings. The second kappa shape index (κ2) is 11.3. The number of carbonyl (C=O) groups is 1. The van der Waals surface area contributed by atoms with Crippen molar-refractivity contribution in [1.82, 2.24) is 14.7 Å². The molecule has 0 bridgehead atoms. The number of carbonyl (C=O) groups excluding carboxylic acids is 1. The van der Waals surface area contributed by atoms with Gasteiger partial charge in [-0.05, 0) is 68.8 Å². The van der Waals surface area contributed by atoms with Crippen LogP contribution in [0.25, 0.3) is 0 Å². The number of rotatable bonds is 5. The third kappa shape index (κ3) is 6.87. The minimum absolute atomic E-state index is 0.128. The number of likely N-dealkylation sites (tertiary alicyclic amines) is 2. The van der Waals surface area contributed by atoms with Gasteiger partial charge < -0.3 is 14.5 Å². The zero-order valence-corrected chi connectivity index (χ0v) is 22.8. The van der Waals surface area contributed by atoms with Crippen LogP contribution in [0.3, 0.4) is 0 Å². The van der Waals surface area contributed by atoms with Crippen molar-refractivity contribution in [3.8, 4) is 0 Å². The molecule has 1 spiro atoms. The Bertz CT molecular complexity index is 1110. The Morgan fingerprint density at radius 1 is 0.833 bits per heavy atom. The molecule has 1 aromatic carbocycles. The molecule has 3 aliphatic heterocycles. The molecular weight excluding hydrogens is 583 g/mol. The summed E-state index contributed by atoms with van der Waals surface area (Å²) in [6.07, 6.45) is -17.9. The van der Waals surface area contributed by atoms with Gasteiger partial charge in [0.1, 0.15) is 0 Å². The molecule has 0 radical (unpaired) electrons. The maximum absolute atomic E-state index is 13.9. The topological polar surface area (TPSA) is 39.3 Å². The van der Waals surface area contributed by atoms with Crippen LogP contribution in [0, 0.1) is 0 Å². The second-order valence-corrected chi connectivity index (χ2v) is 11.7. The number of hydrogen-bond acceptors (Lipinski definition) is 5. The van der Waals surface area contributed by atoms with Crippen molar-refractivity contribution in [2.24, 2.45) is 0 Å². The summed E-state index contributed by atoms with van der Waals surface area (Å²) in [7, 11) is 0. The van der Waals surface area contributed by atoms with Crippen LogP contribution < -0.4 is 4.90 Å². The Morgan fingerprint density at radius 3 is 2.00 bits per heavy atom. The maximum atomic E-state index is 13.9. The number of halogens is 9. The lowest BCUT2D eigenvalue weighted by molar-refractivity contribution is -0.308. The Morgan fingerprint density at radius 2 is 1.45 bits per heavy atom. The molecule has 1 saturated carbocycles. The molecule has 3 saturated heterocycles. The quantitative estimate of drug-likeness (QED) is 0.377. The number of nitrogens with zero attached hydrogens (tertiary/aromatic N) is 4. The van der Waals surface area contributed by atoms with Gasteiger partial charge in [0.25, 0.3) is 6.10 Å². The van der Waals surface area contributed by atoms with E-state index >= 15 is 0 Å². The second-order valence-electron chi connectivity index (χ2n) is 11.7. The van der Waals surface area contributed by atoms with E-state index < -0.39 is 41.8 Å². The lowest BCUT2D eigenvalue weighted by atomic mass is 9.84. The van der Waals surface area contributed by atoms with Gasteiger partial charge in [0.05, 0.1) is 5.56 Å². The van der Waals surface area contributed by atoms with Gasteiger partial charge in [-0.25, -0.2) is 4.79 Å². The molecule has 236 valence electrons. The number of piperidine rings is 1. The van der Waals surface area contributed by atoms with E-state index in [1.165, 1.54) is 6.07 Å². The van der Waals surface area contributed by atoms with Crippen LogP contribution in [0.4, 0.5) is 50.0 Å². The van der Waals surface area contributed by atoms with Crippen LogP contribution in [0.15, 0.2) is 18.2 Å². The van der Waals surface area contributed by atoms with E-state index in [9.17, 15) is 44.3 Å². The smallest absolute Gasteiger partial charge is 0.426 e. The lowest BCUT2D eigenvalue weighted by Gasteiger charge is -2.45. The van der Waals surface area contributed by atoms with E-state index in [4.69, 9.17) is 0 Å². The molecule has 4 aliphatic rings. The fourth-order valence-corrected chi connectivity index (χ4v) is 6.52. The molecule has 0 aromatic heterocycles. The average Bonchev–Trinajstić information content (AvgIpc) is 3.69. The number of anilines is 1. The summed E-state index contributed by atoms with van der Waals surface area (Å²) in [5.74, 6) is 0. The number of amides is 1. The van der Waals surface area contributed by atoms with Gasteiger partial charge in [-0.2, -0.15) is 39.5 Å². The van der Waals surface area contributed by atoms with Gasteiger partial charge in [-0.15, -0.1) is 0 Å². The molecule has 0 atom stereocenters. The largest absolute Gasteiger partial charge is 0.434 e. The van der Waals surface area contributed by atoms with Crippen LogP contribution >= 0.6 is 0 Å². The molecule has 3 heterocycles. The Kier molecular flexibility index (Phi) is 8.31. The van der Waals surface area contributed by atoms with E-state index in [-0.39, 0.29) is 32.5 Å². The fraction of sp³-hybridized carbons (Fsp3) is 0.741. The normalized spacial score (nSPS) is 22.8. The predicted molar refractivity (Wildman–Crippen MR) is 134 cm³/mol. The van der Waals surface area contributed by atoms with Gasteiger partial charge in [0.15, 0.2) is 0 Å². The van der Waals surface area contributed by atoms with E-state index in [0.717, 1.165) is 43.3 Å². The van der Waals surface area contributed by atoms with Crippen LogP contribution in [0.2, 0.25) is 0 Å². The molecule has 5 rings (SSSR count). The van der Waals surface area contributed by atoms with Gasteiger partial charge in [0, 0.05) is 63.1 Å². The van der Waals surface area contributed by atoms with Crippen LogP contribution in [-0.2, 0) is 17.5 Å². The van der Waals surface area contributed by atoms with Gasteiger partial charge in [-0.1, -0.05) is 0 Å². The van der Waals surface area contributed by atoms with Crippen molar-refractivity contribution in [2.45, 2.75) is 81.3 Å². The van der Waals surface area contributed by atoms with Crippen molar-refractivity contribution in [2.75, 3.05) is 50.7 Å². The third-order valence-electron chi connectivity index (χ3n) is 8.93. The Hall–Kier alpha value is -2.42. The molecule has 1 amide bonds.